The normalized spacial score (nSPS) is 31.8. The van der Waals surface area contributed by atoms with Crippen molar-refractivity contribution in [1.29, 1.82) is 0 Å². The highest BCUT2D eigenvalue weighted by Gasteiger charge is 2.43. The van der Waals surface area contributed by atoms with E-state index >= 15 is 0 Å². The number of aliphatic hydroxyl groups is 3. The standard InChI is InChI=1S/C9H11FN2O5S/c10-3-1-12(9(16)11-7(3)18)8-6(15)5(14)4(2-13)17-8/h1,4-6,8,13-15H,2H2,(H,11,16,18)/t4-,5-,6-,8-/m0/s1. The van der Waals surface area contributed by atoms with Gasteiger partial charge in [-0.05, 0) is 0 Å². The minimum absolute atomic E-state index is 0.358. The molecule has 0 aliphatic carbocycles. The Hall–Kier alpha value is -1.13. The fraction of sp³-hybridized carbons (Fsp3) is 0.556. The van der Waals surface area contributed by atoms with Gasteiger partial charge >= 0.3 is 5.69 Å². The molecule has 0 saturated carbocycles. The van der Waals surface area contributed by atoms with Crippen LogP contribution < -0.4 is 5.69 Å². The predicted octanol–water partition coefficient (Wildman–Crippen LogP) is -1.34. The number of halogens is 1. The molecular weight excluding hydrogens is 267 g/mol. The molecule has 1 saturated heterocycles. The maximum Gasteiger partial charge on any atom is 0.328 e. The zero-order chi connectivity index (χ0) is 13.4. The van der Waals surface area contributed by atoms with Gasteiger partial charge in [-0.15, -0.1) is 0 Å². The van der Waals surface area contributed by atoms with E-state index in [1.807, 2.05) is 0 Å². The van der Waals surface area contributed by atoms with Crippen molar-refractivity contribution >= 4 is 12.2 Å². The third-order valence-corrected chi connectivity index (χ3v) is 3.01. The van der Waals surface area contributed by atoms with Gasteiger partial charge in [0.15, 0.2) is 12.0 Å². The van der Waals surface area contributed by atoms with Crippen LogP contribution in [0.4, 0.5) is 4.39 Å². The van der Waals surface area contributed by atoms with Crippen LogP contribution in [0.3, 0.4) is 0 Å². The van der Waals surface area contributed by atoms with Crippen molar-refractivity contribution in [3.63, 3.8) is 0 Å². The molecule has 2 rings (SSSR count). The maximum atomic E-state index is 13.3. The van der Waals surface area contributed by atoms with E-state index in [1.165, 1.54) is 0 Å². The van der Waals surface area contributed by atoms with Crippen LogP contribution in [0.5, 0.6) is 0 Å². The Balaban J connectivity index is 2.42. The highest BCUT2D eigenvalue weighted by atomic mass is 32.1. The second-order valence-corrected chi connectivity index (χ2v) is 4.28. The smallest absolute Gasteiger partial charge is 0.328 e. The molecule has 0 radical (unpaired) electrons. The Labute approximate surface area is 105 Å². The van der Waals surface area contributed by atoms with Crippen LogP contribution in [-0.4, -0.2) is 49.8 Å². The number of aliphatic hydroxyl groups excluding tert-OH is 3. The predicted molar refractivity (Wildman–Crippen MR) is 58.9 cm³/mol. The molecule has 0 aromatic carbocycles. The topological polar surface area (TPSA) is 108 Å². The molecular formula is C9H11FN2O5S. The van der Waals surface area contributed by atoms with Crippen LogP contribution in [0.25, 0.3) is 0 Å². The van der Waals surface area contributed by atoms with E-state index in [1.54, 1.807) is 0 Å². The number of H-pyrrole nitrogens is 1. The summed E-state index contributed by atoms with van der Waals surface area (Å²) in [6.45, 7) is -0.533. The molecule has 0 bridgehead atoms. The number of aromatic amines is 1. The molecule has 1 aromatic heterocycles. The average Bonchev–Trinajstić information content (AvgIpc) is 2.61. The van der Waals surface area contributed by atoms with Gasteiger partial charge in [-0.25, -0.2) is 9.18 Å². The largest absolute Gasteiger partial charge is 0.394 e. The molecule has 1 aromatic rings. The molecule has 0 spiro atoms. The summed E-state index contributed by atoms with van der Waals surface area (Å²) in [5.74, 6) is -0.859. The summed E-state index contributed by atoms with van der Waals surface area (Å²) in [6.07, 6.45) is -4.36. The van der Waals surface area contributed by atoms with Gasteiger partial charge in [0, 0.05) is 0 Å². The molecule has 2 heterocycles. The van der Waals surface area contributed by atoms with Gasteiger partial charge in [0.05, 0.1) is 12.8 Å². The fourth-order valence-corrected chi connectivity index (χ4v) is 1.90. The minimum atomic E-state index is -1.45. The van der Waals surface area contributed by atoms with Crippen molar-refractivity contribution in [2.45, 2.75) is 24.5 Å². The number of aromatic nitrogens is 2. The summed E-state index contributed by atoms with van der Waals surface area (Å²) >= 11 is 4.54. The van der Waals surface area contributed by atoms with Gasteiger partial charge in [-0.3, -0.25) is 9.55 Å². The van der Waals surface area contributed by atoms with E-state index in [2.05, 4.69) is 17.2 Å². The number of hydrogen-bond acceptors (Lipinski definition) is 6. The van der Waals surface area contributed by atoms with E-state index in [4.69, 9.17) is 9.84 Å². The first kappa shape index (κ1) is 13.3. The van der Waals surface area contributed by atoms with Crippen LogP contribution in [0.15, 0.2) is 11.0 Å². The van der Waals surface area contributed by atoms with Crippen molar-refractivity contribution in [3.05, 3.63) is 27.1 Å². The van der Waals surface area contributed by atoms with E-state index < -0.39 is 42.7 Å². The van der Waals surface area contributed by atoms with Crippen molar-refractivity contribution in [2.24, 2.45) is 0 Å². The summed E-state index contributed by atoms with van der Waals surface area (Å²) in [5, 5.41) is 28.1. The second-order valence-electron chi connectivity index (χ2n) is 3.87. The molecule has 1 aliphatic rings. The summed E-state index contributed by atoms with van der Waals surface area (Å²) in [6, 6.07) is 0. The minimum Gasteiger partial charge on any atom is -0.394 e. The molecule has 0 unspecified atom stereocenters. The number of rotatable bonds is 2. The number of nitrogens with one attached hydrogen (secondary N) is 1. The lowest BCUT2D eigenvalue weighted by atomic mass is 10.1. The van der Waals surface area contributed by atoms with Crippen LogP contribution in [0.1, 0.15) is 6.23 Å². The van der Waals surface area contributed by atoms with Crippen LogP contribution >= 0.6 is 12.2 Å². The van der Waals surface area contributed by atoms with Crippen LogP contribution in [0, 0.1) is 10.5 Å². The molecule has 1 aliphatic heterocycles. The highest BCUT2D eigenvalue weighted by Crippen LogP contribution is 2.28. The van der Waals surface area contributed by atoms with Crippen LogP contribution in [0.2, 0.25) is 0 Å². The maximum absolute atomic E-state index is 13.3. The van der Waals surface area contributed by atoms with Crippen molar-refractivity contribution in [3.8, 4) is 0 Å². The molecule has 4 atom stereocenters. The molecule has 4 N–H and O–H groups in total. The second kappa shape index (κ2) is 4.86. The first-order valence-electron chi connectivity index (χ1n) is 5.09. The SMILES string of the molecule is O=c1[nH]c(=S)c(F)cn1[C@H]1O[C@@H](CO)[C@H](O)[C@@H]1O. The Morgan fingerprint density at radius 1 is 1.50 bits per heavy atom. The lowest BCUT2D eigenvalue weighted by Gasteiger charge is -2.17. The van der Waals surface area contributed by atoms with E-state index in [-0.39, 0.29) is 4.64 Å². The number of ether oxygens (including phenoxy) is 1. The molecule has 18 heavy (non-hydrogen) atoms. The van der Waals surface area contributed by atoms with E-state index in [9.17, 15) is 19.4 Å². The lowest BCUT2D eigenvalue weighted by Crippen LogP contribution is -2.36. The van der Waals surface area contributed by atoms with Crippen molar-refractivity contribution in [2.75, 3.05) is 6.61 Å². The first-order chi connectivity index (χ1) is 8.45. The third-order valence-electron chi connectivity index (χ3n) is 2.72. The zero-order valence-corrected chi connectivity index (χ0v) is 9.80. The zero-order valence-electron chi connectivity index (χ0n) is 8.99. The quantitative estimate of drug-likeness (QED) is 0.499. The van der Waals surface area contributed by atoms with E-state index in [0.29, 0.717) is 0 Å². The first-order valence-corrected chi connectivity index (χ1v) is 5.50. The van der Waals surface area contributed by atoms with Gasteiger partial charge in [-0.2, -0.15) is 0 Å². The lowest BCUT2D eigenvalue weighted by molar-refractivity contribution is -0.0554. The molecule has 0 amide bonds. The summed E-state index contributed by atoms with van der Waals surface area (Å²) in [5.41, 5.74) is -0.781. The fourth-order valence-electron chi connectivity index (χ4n) is 1.76. The van der Waals surface area contributed by atoms with Gasteiger partial charge in [0.25, 0.3) is 0 Å². The molecule has 1 fully saturated rings. The van der Waals surface area contributed by atoms with Crippen molar-refractivity contribution in [1.82, 2.24) is 9.55 Å². The molecule has 7 nitrogen and oxygen atoms in total. The van der Waals surface area contributed by atoms with E-state index in [0.717, 1.165) is 10.8 Å². The molecule has 100 valence electrons. The average molecular weight is 278 g/mol. The van der Waals surface area contributed by atoms with Gasteiger partial charge in [0.2, 0.25) is 0 Å². The Morgan fingerprint density at radius 3 is 2.72 bits per heavy atom. The Morgan fingerprint density at radius 2 is 2.17 bits per heavy atom. The summed E-state index contributed by atoms with van der Waals surface area (Å²) in [4.78, 5) is 13.6. The number of hydrogen-bond donors (Lipinski definition) is 4. The van der Waals surface area contributed by atoms with Gasteiger partial charge in [-0.1, -0.05) is 12.2 Å². The number of nitrogens with zero attached hydrogens (tertiary/aromatic N) is 1. The highest BCUT2D eigenvalue weighted by molar-refractivity contribution is 7.71. The van der Waals surface area contributed by atoms with Crippen molar-refractivity contribution < 1.29 is 24.4 Å². The van der Waals surface area contributed by atoms with Crippen LogP contribution in [-0.2, 0) is 4.74 Å². The van der Waals surface area contributed by atoms with Gasteiger partial charge < -0.3 is 20.1 Å². The van der Waals surface area contributed by atoms with Gasteiger partial charge in [0.1, 0.15) is 23.0 Å². The summed E-state index contributed by atoms with van der Waals surface area (Å²) < 4.78 is 18.7. The Kier molecular flexibility index (Phi) is 3.59. The third kappa shape index (κ3) is 2.10. The molecule has 9 heteroatoms. The Bertz CT molecular complexity index is 559. The summed E-state index contributed by atoms with van der Waals surface area (Å²) in [7, 11) is 0. The monoisotopic (exact) mass is 278 g/mol.